The van der Waals surface area contributed by atoms with Crippen molar-refractivity contribution in [3.8, 4) is 28.6 Å². The highest BCUT2D eigenvalue weighted by atomic mass is 35.5. The quantitative estimate of drug-likeness (QED) is 0.145. The zero-order valence-corrected chi connectivity index (χ0v) is 30.4. The summed E-state index contributed by atoms with van der Waals surface area (Å²) in [5.74, 6) is 2.51. The number of phenolic OH excluding ortho intramolecular Hbond substituents is 1. The van der Waals surface area contributed by atoms with E-state index in [1.165, 1.54) is 6.07 Å². The van der Waals surface area contributed by atoms with Crippen LogP contribution in [-0.4, -0.2) is 65.9 Å². The molecule has 51 heavy (non-hydrogen) atoms. The molecule has 264 valence electrons. The summed E-state index contributed by atoms with van der Waals surface area (Å²) >= 11 is 7.86. The maximum absolute atomic E-state index is 13.4. The highest BCUT2D eigenvalue weighted by Crippen LogP contribution is 2.37. The molecule has 3 amide bonds. The summed E-state index contributed by atoms with van der Waals surface area (Å²) in [6.07, 6.45) is 4.51. The number of phenols is 1. The van der Waals surface area contributed by atoms with Gasteiger partial charge in [-0.2, -0.15) is 5.10 Å². The summed E-state index contributed by atoms with van der Waals surface area (Å²) in [6, 6.07) is 17.9. The summed E-state index contributed by atoms with van der Waals surface area (Å²) in [5, 5.41) is 29.7. The van der Waals surface area contributed by atoms with Crippen molar-refractivity contribution in [1.82, 2.24) is 29.4 Å². The van der Waals surface area contributed by atoms with E-state index in [1.807, 2.05) is 57.4 Å². The van der Waals surface area contributed by atoms with E-state index < -0.39 is 6.03 Å². The molecule has 7 rings (SSSR count). The molecule has 0 bridgehead atoms. The second kappa shape index (κ2) is 14.0. The molecule has 3 N–H and O–H groups in total. The number of amides is 3. The van der Waals surface area contributed by atoms with Gasteiger partial charge in [0.15, 0.2) is 18.3 Å². The number of aromatic hydroxyl groups is 1. The fourth-order valence-corrected chi connectivity index (χ4v) is 7.25. The van der Waals surface area contributed by atoms with Gasteiger partial charge in [-0.1, -0.05) is 50.6 Å². The fraction of sp³-hybridized carbons (Fsp3) is 0.324. The van der Waals surface area contributed by atoms with Crippen molar-refractivity contribution in [3.05, 3.63) is 88.3 Å². The second-order valence-electron chi connectivity index (χ2n) is 13.6. The number of rotatable bonds is 8. The van der Waals surface area contributed by atoms with Crippen molar-refractivity contribution in [2.24, 2.45) is 0 Å². The summed E-state index contributed by atoms with van der Waals surface area (Å²) in [5.41, 5.74) is 4.79. The molecule has 0 fully saturated rings. The summed E-state index contributed by atoms with van der Waals surface area (Å²) < 4.78 is 9.81. The first-order valence-corrected chi connectivity index (χ1v) is 18.4. The van der Waals surface area contributed by atoms with Crippen LogP contribution in [0.1, 0.15) is 49.8 Å². The highest BCUT2D eigenvalue weighted by Gasteiger charge is 2.28. The fourth-order valence-electron chi connectivity index (χ4n) is 6.49. The van der Waals surface area contributed by atoms with Crippen LogP contribution in [0.3, 0.4) is 0 Å². The third-order valence-electron chi connectivity index (χ3n) is 9.19. The van der Waals surface area contributed by atoms with Gasteiger partial charge in [-0.15, -0.1) is 22.0 Å². The van der Waals surface area contributed by atoms with Gasteiger partial charge in [0, 0.05) is 40.7 Å². The zero-order chi connectivity index (χ0) is 35.9. The number of carbonyl (C=O) groups excluding carboxylic acids is 2. The number of urea groups is 1. The number of fused-ring (bicyclic) bond motifs is 2. The third-order valence-corrected chi connectivity index (χ3v) is 10.3. The summed E-state index contributed by atoms with van der Waals surface area (Å²) in [4.78, 5) is 29.6. The maximum atomic E-state index is 13.4. The van der Waals surface area contributed by atoms with Crippen LogP contribution in [0.2, 0.25) is 5.02 Å². The highest BCUT2D eigenvalue weighted by molar-refractivity contribution is 7.98. The predicted molar refractivity (Wildman–Crippen MR) is 198 cm³/mol. The number of aromatic nitrogens is 5. The Balaban J connectivity index is 1.02. The molecule has 1 aliphatic carbocycles. The molecule has 0 unspecified atom stereocenters. The molecule has 2 aliphatic rings. The van der Waals surface area contributed by atoms with Gasteiger partial charge in [0.05, 0.1) is 22.9 Å². The number of hydrogen-bond donors (Lipinski definition) is 3. The molecule has 0 radical (unpaired) electrons. The molecule has 0 atom stereocenters. The minimum Gasteiger partial charge on any atom is -0.506 e. The molecule has 3 heterocycles. The largest absolute Gasteiger partial charge is 0.506 e. The Morgan fingerprint density at radius 3 is 2.59 bits per heavy atom. The average molecular weight is 727 g/mol. The number of thioether (sulfide) groups is 1. The normalized spacial score (nSPS) is 13.9. The SMILES string of the molecule is CSc1ccccc1-c1nnc2n1CCN(C(=O)COc1ccc(NC(=O)Nc3cc(C(C)(C)C)nn3-c3ccc(O)c(Cl)c3)c3c1CCC3)C2. The van der Waals surface area contributed by atoms with Crippen LogP contribution in [0.25, 0.3) is 17.1 Å². The van der Waals surface area contributed by atoms with Gasteiger partial charge >= 0.3 is 6.03 Å². The standard InChI is InChI=1S/C37H39ClN8O4S/c1-37(2,3)31-19-32(46(43-31)22-12-14-28(47)26(38)18-22)40-36(49)39-27-13-15-29(24-10-7-9-23(24)27)50-21-34(48)44-16-17-45-33(20-44)41-42-35(45)25-8-5-6-11-30(25)51-4/h5-6,8,11-15,18-19,47H,7,9-10,16-17,20-21H2,1-4H3,(H2,39,40,49). The molecule has 0 saturated carbocycles. The second-order valence-corrected chi connectivity index (χ2v) is 14.9. The molecular formula is C37H39ClN8O4S. The lowest BCUT2D eigenvalue weighted by Gasteiger charge is -2.28. The van der Waals surface area contributed by atoms with Gasteiger partial charge in [0.25, 0.3) is 5.91 Å². The molecule has 3 aromatic carbocycles. The zero-order valence-electron chi connectivity index (χ0n) is 28.9. The van der Waals surface area contributed by atoms with Crippen molar-refractivity contribution >= 4 is 46.8 Å². The number of halogens is 1. The Bertz CT molecular complexity index is 2140. The monoisotopic (exact) mass is 726 g/mol. The van der Waals surface area contributed by atoms with Gasteiger partial charge in [0.1, 0.15) is 17.3 Å². The molecule has 0 spiro atoms. The number of nitrogens with one attached hydrogen (secondary N) is 2. The van der Waals surface area contributed by atoms with Crippen molar-refractivity contribution < 1.29 is 19.4 Å². The topological polar surface area (TPSA) is 139 Å². The predicted octanol–water partition coefficient (Wildman–Crippen LogP) is 7.06. The van der Waals surface area contributed by atoms with E-state index in [0.717, 1.165) is 58.2 Å². The Morgan fingerprint density at radius 1 is 1.00 bits per heavy atom. The van der Waals surface area contributed by atoms with E-state index in [9.17, 15) is 14.7 Å². The number of carbonyl (C=O) groups is 2. The van der Waals surface area contributed by atoms with Gasteiger partial charge in [-0.25, -0.2) is 9.48 Å². The Hall–Kier alpha value is -5.01. The lowest BCUT2D eigenvalue weighted by atomic mass is 9.92. The van der Waals surface area contributed by atoms with Crippen LogP contribution in [0.15, 0.2) is 65.6 Å². The minimum atomic E-state index is -0.433. The van der Waals surface area contributed by atoms with Crippen molar-refractivity contribution in [2.75, 3.05) is 30.0 Å². The van der Waals surface area contributed by atoms with E-state index in [-0.39, 0.29) is 28.7 Å². The smallest absolute Gasteiger partial charge is 0.324 e. The first kappa shape index (κ1) is 34.4. The van der Waals surface area contributed by atoms with Crippen LogP contribution in [0.4, 0.5) is 16.3 Å². The van der Waals surface area contributed by atoms with Crippen LogP contribution < -0.4 is 15.4 Å². The molecule has 2 aromatic heterocycles. The Morgan fingerprint density at radius 2 is 1.80 bits per heavy atom. The first-order valence-electron chi connectivity index (χ1n) is 16.8. The van der Waals surface area contributed by atoms with E-state index >= 15 is 0 Å². The van der Waals surface area contributed by atoms with Crippen LogP contribution in [0, 0.1) is 0 Å². The van der Waals surface area contributed by atoms with Crippen molar-refractivity contribution in [3.63, 3.8) is 0 Å². The Labute approximate surface area is 305 Å². The maximum Gasteiger partial charge on any atom is 0.324 e. The molecule has 5 aromatic rings. The van der Waals surface area contributed by atoms with E-state index in [1.54, 1.807) is 33.5 Å². The number of hydrogen-bond acceptors (Lipinski definition) is 8. The summed E-state index contributed by atoms with van der Waals surface area (Å²) in [7, 11) is 0. The van der Waals surface area contributed by atoms with Gasteiger partial charge in [-0.3, -0.25) is 10.1 Å². The van der Waals surface area contributed by atoms with E-state index in [0.29, 0.717) is 42.6 Å². The number of anilines is 2. The van der Waals surface area contributed by atoms with E-state index in [4.69, 9.17) is 21.4 Å². The Kier molecular flexibility index (Phi) is 9.42. The lowest BCUT2D eigenvalue weighted by molar-refractivity contribution is -0.134. The lowest BCUT2D eigenvalue weighted by Crippen LogP contribution is -2.41. The van der Waals surface area contributed by atoms with Crippen molar-refractivity contribution in [2.45, 2.75) is 63.4 Å². The van der Waals surface area contributed by atoms with Crippen LogP contribution in [0.5, 0.6) is 11.5 Å². The molecule has 0 saturated heterocycles. The van der Waals surface area contributed by atoms with Gasteiger partial charge in [0.2, 0.25) is 0 Å². The minimum absolute atomic E-state index is 0.0408. The molecule has 1 aliphatic heterocycles. The summed E-state index contributed by atoms with van der Waals surface area (Å²) in [6.45, 7) is 7.51. The van der Waals surface area contributed by atoms with Crippen LogP contribution in [-0.2, 0) is 36.1 Å². The molecular weight excluding hydrogens is 688 g/mol. The van der Waals surface area contributed by atoms with Gasteiger partial charge < -0.3 is 24.6 Å². The van der Waals surface area contributed by atoms with E-state index in [2.05, 4.69) is 37.5 Å². The third kappa shape index (κ3) is 7.00. The molecule has 12 nitrogen and oxygen atoms in total. The first-order chi connectivity index (χ1) is 24.5. The number of benzene rings is 3. The van der Waals surface area contributed by atoms with Crippen molar-refractivity contribution in [1.29, 1.82) is 0 Å². The molecule has 14 heteroatoms. The number of nitrogens with zero attached hydrogens (tertiary/aromatic N) is 6. The average Bonchev–Trinajstić information content (AvgIpc) is 3.88. The van der Waals surface area contributed by atoms with Gasteiger partial charge in [-0.05, 0) is 73.0 Å². The van der Waals surface area contributed by atoms with Crippen LogP contribution >= 0.6 is 23.4 Å². The number of ether oxygens (including phenoxy) is 1.